The summed E-state index contributed by atoms with van der Waals surface area (Å²) in [7, 11) is 1.78. The lowest BCUT2D eigenvalue weighted by molar-refractivity contribution is -0.176. The molecule has 1 aromatic carbocycles. The van der Waals surface area contributed by atoms with E-state index in [-0.39, 0.29) is 40.7 Å². The van der Waals surface area contributed by atoms with Crippen molar-refractivity contribution in [2.24, 2.45) is 10.4 Å². The van der Waals surface area contributed by atoms with Gasteiger partial charge < -0.3 is 20.5 Å². The van der Waals surface area contributed by atoms with Crippen molar-refractivity contribution in [3.63, 3.8) is 0 Å². The number of aromatic hydroxyl groups is 1. The molecule has 1 aromatic rings. The molecule has 0 aliphatic heterocycles. The summed E-state index contributed by atoms with van der Waals surface area (Å²) in [4.78, 5) is 4.65. The van der Waals surface area contributed by atoms with Crippen LogP contribution in [-0.4, -0.2) is 36.4 Å². The van der Waals surface area contributed by atoms with Crippen LogP contribution in [0, 0.1) is 5.41 Å². The Kier molecular flexibility index (Phi) is 7.34. The van der Waals surface area contributed by atoms with Gasteiger partial charge in [0.2, 0.25) is 0 Å². The minimum atomic E-state index is -0.0983. The van der Waals surface area contributed by atoms with Gasteiger partial charge in [0.1, 0.15) is 5.75 Å². The maximum atomic E-state index is 9.33. The molecule has 2 unspecified atom stereocenters. The maximum absolute atomic E-state index is 9.33. The molecule has 24 heavy (non-hydrogen) atoms. The van der Waals surface area contributed by atoms with Gasteiger partial charge in [-0.05, 0) is 38.0 Å². The van der Waals surface area contributed by atoms with Crippen LogP contribution in [0.4, 0.5) is 0 Å². The fourth-order valence-corrected chi connectivity index (χ4v) is 2.98. The molecule has 1 aliphatic rings. The highest BCUT2D eigenvalue weighted by molar-refractivity contribution is 14.0. The van der Waals surface area contributed by atoms with Gasteiger partial charge in [0.25, 0.3) is 0 Å². The maximum Gasteiger partial charge on any atom is 0.191 e. The van der Waals surface area contributed by atoms with Crippen molar-refractivity contribution < 1.29 is 9.84 Å². The average molecular weight is 447 g/mol. The second kappa shape index (κ2) is 8.38. The molecule has 0 heterocycles. The number of hydrogen-bond acceptors (Lipinski definition) is 3. The van der Waals surface area contributed by atoms with Crippen LogP contribution in [0.25, 0.3) is 0 Å². The highest BCUT2D eigenvalue weighted by atomic mass is 127. The van der Waals surface area contributed by atoms with E-state index in [1.165, 1.54) is 0 Å². The van der Waals surface area contributed by atoms with E-state index in [2.05, 4.69) is 43.3 Å². The lowest BCUT2D eigenvalue weighted by Crippen LogP contribution is -2.69. The van der Waals surface area contributed by atoms with Gasteiger partial charge in [0.05, 0.1) is 12.1 Å². The Balaban J connectivity index is 0.00000288. The molecule has 5 nitrogen and oxygen atoms in total. The standard InChI is InChI=1S/C18H29N3O2.HI/c1-6-19-16(20-12-13-7-9-14(22)10-8-13)21-15-11-18(4,23-5)17(15,2)3;/h7-10,15,22H,6,11-12H2,1-5H3,(H2,19,20,21);1H. The third kappa shape index (κ3) is 4.33. The normalized spacial score (nSPS) is 25.4. The predicted molar refractivity (Wildman–Crippen MR) is 109 cm³/mol. The van der Waals surface area contributed by atoms with Gasteiger partial charge >= 0.3 is 0 Å². The molecule has 0 spiro atoms. The minimum Gasteiger partial charge on any atom is -0.508 e. The summed E-state index contributed by atoms with van der Waals surface area (Å²) in [6, 6.07) is 7.47. The number of guanidine groups is 1. The number of nitrogens with zero attached hydrogens (tertiary/aromatic N) is 1. The zero-order valence-electron chi connectivity index (χ0n) is 15.2. The zero-order chi connectivity index (χ0) is 17.1. The second-order valence-electron chi connectivity index (χ2n) is 6.92. The van der Waals surface area contributed by atoms with Crippen molar-refractivity contribution >= 4 is 29.9 Å². The Morgan fingerprint density at radius 1 is 1.29 bits per heavy atom. The molecule has 2 rings (SSSR count). The van der Waals surface area contributed by atoms with E-state index >= 15 is 0 Å². The lowest BCUT2D eigenvalue weighted by Gasteiger charge is -2.59. The van der Waals surface area contributed by atoms with E-state index in [4.69, 9.17) is 4.74 Å². The summed E-state index contributed by atoms with van der Waals surface area (Å²) in [5.74, 6) is 1.09. The monoisotopic (exact) mass is 447 g/mol. The molecule has 0 radical (unpaired) electrons. The number of phenolic OH excluding ortho intramolecular Hbond substituents is 1. The Labute approximate surface area is 162 Å². The molecule has 0 saturated heterocycles. The SMILES string of the molecule is CCNC(=NCc1ccc(O)cc1)NC1CC(C)(OC)C1(C)C.I. The fourth-order valence-electron chi connectivity index (χ4n) is 2.98. The van der Waals surface area contributed by atoms with Crippen molar-refractivity contribution in [2.75, 3.05) is 13.7 Å². The highest BCUT2D eigenvalue weighted by Crippen LogP contribution is 2.51. The topological polar surface area (TPSA) is 65.9 Å². The molecule has 1 fully saturated rings. The van der Waals surface area contributed by atoms with Gasteiger partial charge in [-0.25, -0.2) is 4.99 Å². The number of hydrogen-bond donors (Lipinski definition) is 3. The molecule has 2 atom stereocenters. The number of rotatable bonds is 5. The van der Waals surface area contributed by atoms with Crippen molar-refractivity contribution in [3.8, 4) is 5.75 Å². The zero-order valence-corrected chi connectivity index (χ0v) is 17.5. The molecular formula is C18H30IN3O2. The van der Waals surface area contributed by atoms with Gasteiger partial charge in [-0.2, -0.15) is 0 Å². The van der Waals surface area contributed by atoms with Crippen LogP contribution < -0.4 is 10.6 Å². The molecule has 1 saturated carbocycles. The molecule has 1 aliphatic carbocycles. The van der Waals surface area contributed by atoms with Crippen LogP contribution >= 0.6 is 24.0 Å². The summed E-state index contributed by atoms with van der Waals surface area (Å²) in [6.07, 6.45) is 0.958. The summed E-state index contributed by atoms with van der Waals surface area (Å²) < 4.78 is 5.68. The van der Waals surface area contributed by atoms with Crippen molar-refractivity contribution in [2.45, 2.75) is 52.3 Å². The second-order valence-corrected chi connectivity index (χ2v) is 6.92. The van der Waals surface area contributed by atoms with Crippen LogP contribution in [0.5, 0.6) is 5.75 Å². The number of phenols is 1. The van der Waals surface area contributed by atoms with Crippen molar-refractivity contribution in [1.82, 2.24) is 10.6 Å². The highest BCUT2D eigenvalue weighted by Gasteiger charge is 2.58. The Bertz CT molecular complexity index is 560. The summed E-state index contributed by atoms with van der Waals surface area (Å²) in [5.41, 5.74) is 1.00. The smallest absolute Gasteiger partial charge is 0.191 e. The van der Waals surface area contributed by atoms with Crippen molar-refractivity contribution in [3.05, 3.63) is 29.8 Å². The van der Waals surface area contributed by atoms with Crippen LogP contribution in [-0.2, 0) is 11.3 Å². The van der Waals surface area contributed by atoms with Gasteiger partial charge in [0.15, 0.2) is 5.96 Å². The van der Waals surface area contributed by atoms with Crippen LogP contribution in [0.1, 0.15) is 39.7 Å². The van der Waals surface area contributed by atoms with E-state index in [9.17, 15) is 5.11 Å². The molecular weight excluding hydrogens is 417 g/mol. The number of nitrogens with one attached hydrogen (secondary N) is 2. The van der Waals surface area contributed by atoms with Gasteiger partial charge in [-0.1, -0.05) is 26.0 Å². The first-order valence-corrected chi connectivity index (χ1v) is 8.20. The quantitative estimate of drug-likeness (QED) is 0.368. The Hall–Kier alpha value is -1.02. The molecule has 0 aromatic heterocycles. The van der Waals surface area contributed by atoms with Gasteiger partial charge in [-0.3, -0.25) is 0 Å². The first-order valence-electron chi connectivity index (χ1n) is 8.20. The Morgan fingerprint density at radius 3 is 2.42 bits per heavy atom. The van der Waals surface area contributed by atoms with E-state index < -0.39 is 0 Å². The number of aliphatic imine (C=N–C) groups is 1. The minimum absolute atomic E-state index is 0. The molecule has 6 heteroatoms. The largest absolute Gasteiger partial charge is 0.508 e. The fraction of sp³-hybridized carbons (Fsp3) is 0.611. The van der Waals surface area contributed by atoms with E-state index in [0.717, 1.165) is 24.5 Å². The van der Waals surface area contributed by atoms with E-state index in [1.807, 2.05) is 12.1 Å². The summed E-state index contributed by atoms with van der Waals surface area (Å²) in [5, 5.41) is 16.2. The molecule has 0 bridgehead atoms. The van der Waals surface area contributed by atoms with Crippen LogP contribution in [0.3, 0.4) is 0 Å². The molecule has 3 N–H and O–H groups in total. The van der Waals surface area contributed by atoms with Crippen LogP contribution in [0.15, 0.2) is 29.3 Å². The third-order valence-corrected chi connectivity index (χ3v) is 5.29. The van der Waals surface area contributed by atoms with Crippen LogP contribution in [0.2, 0.25) is 0 Å². The van der Waals surface area contributed by atoms with E-state index in [0.29, 0.717) is 12.6 Å². The van der Waals surface area contributed by atoms with Crippen molar-refractivity contribution in [1.29, 1.82) is 0 Å². The van der Waals surface area contributed by atoms with Gasteiger partial charge in [-0.15, -0.1) is 24.0 Å². The van der Waals surface area contributed by atoms with E-state index in [1.54, 1.807) is 19.2 Å². The third-order valence-electron chi connectivity index (χ3n) is 5.29. The number of ether oxygens (including phenoxy) is 1. The average Bonchev–Trinajstić information content (AvgIpc) is 2.53. The number of halogens is 1. The lowest BCUT2D eigenvalue weighted by atomic mass is 9.56. The Morgan fingerprint density at radius 2 is 1.92 bits per heavy atom. The molecule has 136 valence electrons. The molecule has 0 amide bonds. The number of benzene rings is 1. The van der Waals surface area contributed by atoms with Gasteiger partial charge in [0, 0.05) is 25.1 Å². The number of methoxy groups -OCH3 is 1. The first kappa shape index (κ1) is 21.0. The predicted octanol–water partition coefficient (Wildman–Crippen LogP) is 3.27. The first-order chi connectivity index (χ1) is 10.8. The summed E-state index contributed by atoms with van der Waals surface area (Å²) in [6.45, 7) is 10.1. The summed E-state index contributed by atoms with van der Waals surface area (Å²) >= 11 is 0.